The zero-order chi connectivity index (χ0) is 15.5. The molecule has 3 rings (SSSR count). The summed E-state index contributed by atoms with van der Waals surface area (Å²) in [5, 5.41) is 1.85. The van der Waals surface area contributed by atoms with E-state index in [4.69, 9.17) is 5.73 Å². The number of likely N-dealkylation sites (N-methyl/N-ethyl adjacent to an activating group) is 1. The zero-order valence-electron chi connectivity index (χ0n) is 13.5. The van der Waals surface area contributed by atoms with E-state index >= 15 is 0 Å². The molecule has 2 heterocycles. The van der Waals surface area contributed by atoms with Crippen molar-refractivity contribution in [2.24, 2.45) is 10.7 Å². The minimum absolute atomic E-state index is 0. The third-order valence-corrected chi connectivity index (χ3v) is 4.63. The van der Waals surface area contributed by atoms with Crippen molar-refractivity contribution in [2.75, 3.05) is 25.9 Å². The quantitative estimate of drug-likeness (QED) is 0.649. The van der Waals surface area contributed by atoms with Crippen molar-refractivity contribution in [1.29, 1.82) is 0 Å². The Hall–Kier alpha value is -1.43. The number of hydrogen-bond acceptors (Lipinski definition) is 3. The molecule has 1 aromatic heterocycles. The highest BCUT2D eigenvalue weighted by Gasteiger charge is 2.13. The highest BCUT2D eigenvalue weighted by Crippen LogP contribution is 2.31. The second kappa shape index (κ2) is 7.90. The molecule has 0 saturated carbocycles. The van der Waals surface area contributed by atoms with E-state index in [2.05, 4.69) is 53.3 Å². The van der Waals surface area contributed by atoms with Gasteiger partial charge < -0.3 is 15.6 Å². The van der Waals surface area contributed by atoms with Gasteiger partial charge in [-0.15, -0.1) is 12.4 Å². The summed E-state index contributed by atoms with van der Waals surface area (Å²) in [4.78, 5) is 10.2. The first-order valence-corrected chi connectivity index (χ1v) is 8.62. The molecule has 0 unspecified atom stereocenters. The fourth-order valence-corrected chi connectivity index (χ4v) is 3.23. The molecule has 124 valence electrons. The normalized spacial score (nSPS) is 16.3. The van der Waals surface area contributed by atoms with Gasteiger partial charge in [-0.3, -0.25) is 0 Å². The van der Waals surface area contributed by atoms with Crippen molar-refractivity contribution in [3.05, 3.63) is 36.0 Å². The van der Waals surface area contributed by atoms with Crippen LogP contribution in [0.5, 0.6) is 0 Å². The number of aromatic nitrogens is 1. The van der Waals surface area contributed by atoms with Crippen molar-refractivity contribution < 1.29 is 0 Å². The van der Waals surface area contributed by atoms with Crippen LogP contribution in [-0.4, -0.2) is 40.9 Å². The molecule has 0 bridgehead atoms. The average molecular weight is 351 g/mol. The minimum Gasteiger partial charge on any atom is -0.378 e. The zero-order valence-corrected chi connectivity index (χ0v) is 15.1. The topological polar surface area (TPSA) is 57.4 Å². The maximum Gasteiger partial charge on any atom is 0.159 e. The van der Waals surface area contributed by atoms with Crippen LogP contribution in [0.25, 0.3) is 16.5 Å². The number of nitrogens with two attached hydrogens (primary N) is 1. The number of H-pyrrole nitrogens is 1. The predicted octanol–water partition coefficient (Wildman–Crippen LogP) is 4.01. The number of amidine groups is 1. The standard InChI is InChI=1S/C17H22N4S.ClH/c1-3-22-17(18)20-13-4-5-16-14(10-13)15(11-19-16)12-6-8-21(2)9-7-12;/h4-6,10-11,19H,3,7-9H2,1-2H3,(H2,18,20);1H. The Labute approximate surface area is 147 Å². The van der Waals surface area contributed by atoms with Gasteiger partial charge in [-0.1, -0.05) is 24.8 Å². The third kappa shape index (κ3) is 4.10. The van der Waals surface area contributed by atoms with E-state index in [1.54, 1.807) is 11.8 Å². The van der Waals surface area contributed by atoms with Gasteiger partial charge in [-0.2, -0.15) is 0 Å². The first-order valence-electron chi connectivity index (χ1n) is 7.63. The van der Waals surface area contributed by atoms with Gasteiger partial charge in [-0.25, -0.2) is 4.99 Å². The van der Waals surface area contributed by atoms with E-state index in [1.165, 1.54) is 16.5 Å². The van der Waals surface area contributed by atoms with E-state index < -0.39 is 0 Å². The molecule has 3 N–H and O–H groups in total. The second-order valence-corrected chi connectivity index (χ2v) is 6.84. The van der Waals surface area contributed by atoms with Gasteiger partial charge in [0.05, 0.1) is 5.69 Å². The first-order chi connectivity index (χ1) is 10.7. The van der Waals surface area contributed by atoms with Crippen molar-refractivity contribution in [1.82, 2.24) is 9.88 Å². The fraction of sp³-hybridized carbons (Fsp3) is 0.353. The van der Waals surface area contributed by atoms with Crippen molar-refractivity contribution in [3.63, 3.8) is 0 Å². The number of thioether (sulfide) groups is 1. The van der Waals surface area contributed by atoms with Crippen molar-refractivity contribution in [2.45, 2.75) is 13.3 Å². The van der Waals surface area contributed by atoms with Crippen LogP contribution in [0.1, 0.15) is 18.9 Å². The number of hydrogen-bond donors (Lipinski definition) is 2. The first kappa shape index (κ1) is 17.9. The highest BCUT2D eigenvalue weighted by molar-refractivity contribution is 8.13. The molecule has 0 radical (unpaired) electrons. The largest absolute Gasteiger partial charge is 0.378 e. The lowest BCUT2D eigenvalue weighted by molar-refractivity contribution is 0.370. The fourth-order valence-electron chi connectivity index (χ4n) is 2.77. The Balaban J connectivity index is 0.00000192. The van der Waals surface area contributed by atoms with Crippen LogP contribution in [0.3, 0.4) is 0 Å². The van der Waals surface area contributed by atoms with Gasteiger partial charge in [0.2, 0.25) is 0 Å². The number of fused-ring (bicyclic) bond motifs is 1. The van der Waals surface area contributed by atoms with Crippen LogP contribution >= 0.6 is 24.2 Å². The number of aliphatic imine (C=N–C) groups is 1. The van der Waals surface area contributed by atoms with Crippen LogP contribution in [-0.2, 0) is 0 Å². The summed E-state index contributed by atoms with van der Waals surface area (Å²) >= 11 is 1.57. The summed E-state index contributed by atoms with van der Waals surface area (Å²) < 4.78 is 0. The highest BCUT2D eigenvalue weighted by atomic mass is 35.5. The number of nitrogens with zero attached hydrogens (tertiary/aromatic N) is 2. The van der Waals surface area contributed by atoms with Gasteiger partial charge in [0.1, 0.15) is 0 Å². The van der Waals surface area contributed by atoms with Crippen molar-refractivity contribution >= 4 is 51.5 Å². The van der Waals surface area contributed by atoms with Crippen LogP contribution in [0.4, 0.5) is 5.69 Å². The molecule has 0 amide bonds. The van der Waals surface area contributed by atoms with Crippen molar-refractivity contribution in [3.8, 4) is 0 Å². The Morgan fingerprint density at radius 3 is 2.96 bits per heavy atom. The van der Waals surface area contributed by atoms with E-state index in [1.807, 2.05) is 6.07 Å². The molecule has 0 aliphatic carbocycles. The van der Waals surface area contributed by atoms with E-state index in [0.29, 0.717) is 5.17 Å². The number of benzene rings is 1. The lowest BCUT2D eigenvalue weighted by Crippen LogP contribution is -2.23. The molecule has 1 aliphatic rings. The van der Waals surface area contributed by atoms with Gasteiger partial charge in [-0.05, 0) is 43.0 Å². The van der Waals surface area contributed by atoms with Crippen LogP contribution in [0, 0.1) is 0 Å². The van der Waals surface area contributed by atoms with Gasteiger partial charge in [0, 0.05) is 35.8 Å². The van der Waals surface area contributed by atoms with Crippen LogP contribution in [0.2, 0.25) is 0 Å². The summed E-state index contributed by atoms with van der Waals surface area (Å²) in [5.74, 6) is 0.938. The Morgan fingerprint density at radius 1 is 1.43 bits per heavy atom. The summed E-state index contributed by atoms with van der Waals surface area (Å²) in [5.41, 5.74) is 10.7. The molecular formula is C17H23ClN4S. The molecule has 0 atom stereocenters. The minimum atomic E-state index is 0. The molecule has 1 aromatic carbocycles. The summed E-state index contributed by atoms with van der Waals surface area (Å²) in [6, 6.07) is 6.22. The molecule has 23 heavy (non-hydrogen) atoms. The smallest absolute Gasteiger partial charge is 0.159 e. The number of halogens is 1. The predicted molar refractivity (Wildman–Crippen MR) is 105 cm³/mol. The molecule has 0 spiro atoms. The lowest BCUT2D eigenvalue weighted by Gasteiger charge is -2.21. The molecule has 0 fully saturated rings. The maximum atomic E-state index is 5.92. The molecular weight excluding hydrogens is 328 g/mol. The molecule has 1 aliphatic heterocycles. The number of aromatic amines is 1. The number of nitrogens with one attached hydrogen (secondary N) is 1. The second-order valence-electron chi connectivity index (χ2n) is 5.56. The average Bonchev–Trinajstić information content (AvgIpc) is 2.91. The number of rotatable bonds is 3. The summed E-state index contributed by atoms with van der Waals surface area (Å²) in [6.07, 6.45) is 5.52. The molecule has 6 heteroatoms. The Morgan fingerprint density at radius 2 is 2.26 bits per heavy atom. The van der Waals surface area contributed by atoms with Gasteiger partial charge in [0.15, 0.2) is 5.17 Å². The Kier molecular flexibility index (Phi) is 6.16. The maximum absolute atomic E-state index is 5.92. The van der Waals surface area contributed by atoms with E-state index in [9.17, 15) is 0 Å². The SMILES string of the molecule is CCSC(N)=Nc1ccc2[nH]cc(C3=CCN(C)CC3)c2c1.Cl. The summed E-state index contributed by atoms with van der Waals surface area (Å²) in [6.45, 7) is 4.20. The van der Waals surface area contributed by atoms with E-state index in [0.717, 1.165) is 36.5 Å². The monoisotopic (exact) mass is 350 g/mol. The van der Waals surface area contributed by atoms with Crippen LogP contribution in [0.15, 0.2) is 35.5 Å². The lowest BCUT2D eigenvalue weighted by atomic mass is 9.99. The molecule has 2 aromatic rings. The molecule has 0 saturated heterocycles. The Bertz CT molecular complexity index is 735. The van der Waals surface area contributed by atoms with Crippen LogP contribution < -0.4 is 5.73 Å². The summed E-state index contributed by atoms with van der Waals surface area (Å²) in [7, 11) is 2.16. The molecule has 4 nitrogen and oxygen atoms in total. The third-order valence-electron chi connectivity index (χ3n) is 3.96. The van der Waals surface area contributed by atoms with Gasteiger partial charge in [0.25, 0.3) is 0 Å². The van der Waals surface area contributed by atoms with Gasteiger partial charge >= 0.3 is 0 Å². The van der Waals surface area contributed by atoms with E-state index in [-0.39, 0.29) is 12.4 Å².